The molecule has 7 heteroatoms. The van der Waals surface area contributed by atoms with Crippen LogP contribution >= 0.6 is 0 Å². The van der Waals surface area contributed by atoms with Gasteiger partial charge in [0.1, 0.15) is 17.5 Å². The number of hydrogen-bond donors (Lipinski definition) is 2. The van der Waals surface area contributed by atoms with Crippen molar-refractivity contribution in [1.82, 2.24) is 10.3 Å². The summed E-state index contributed by atoms with van der Waals surface area (Å²) in [4.78, 5) is 27.0. The van der Waals surface area contributed by atoms with Crippen LogP contribution in [0.25, 0.3) is 0 Å². The lowest BCUT2D eigenvalue weighted by atomic mass is 10.1. The van der Waals surface area contributed by atoms with Crippen molar-refractivity contribution < 1.29 is 24.2 Å². The molecule has 26 heavy (non-hydrogen) atoms. The number of amides is 1. The molecule has 3 rings (SSSR count). The molecule has 1 aromatic heterocycles. The molecule has 2 heterocycles. The minimum atomic E-state index is -1.17. The van der Waals surface area contributed by atoms with E-state index in [4.69, 9.17) is 14.6 Å². The summed E-state index contributed by atoms with van der Waals surface area (Å²) in [5.74, 6) is -0.819. The second kappa shape index (κ2) is 7.97. The lowest BCUT2D eigenvalue weighted by Gasteiger charge is -2.17. The summed E-state index contributed by atoms with van der Waals surface area (Å²) in [6.45, 7) is 3.50. The molecule has 0 spiro atoms. The smallest absolute Gasteiger partial charge is 0.354 e. The highest BCUT2D eigenvalue weighted by Crippen LogP contribution is 2.24. The predicted molar refractivity (Wildman–Crippen MR) is 93.4 cm³/mol. The molecule has 1 unspecified atom stereocenters. The molecule has 1 saturated heterocycles. The zero-order valence-electron chi connectivity index (χ0n) is 14.4. The summed E-state index contributed by atoms with van der Waals surface area (Å²) in [6, 6.07) is 8.53. The van der Waals surface area contributed by atoms with Crippen molar-refractivity contribution in [2.24, 2.45) is 0 Å². The number of ether oxygens (including phenoxy) is 2. The van der Waals surface area contributed by atoms with E-state index >= 15 is 0 Å². The zero-order chi connectivity index (χ0) is 18.5. The Balaban J connectivity index is 1.69. The normalized spacial score (nSPS) is 16.3. The monoisotopic (exact) mass is 356 g/mol. The standard InChI is InChI=1S/C19H20N2O5/c1-12-2-3-14(17(8-12)26-15-5-7-25-11-15)10-21-18(22)13-4-6-20-16(9-13)19(23)24/h2-4,6,8-9,15H,5,7,10-11H2,1H3,(H,21,22)(H,23,24). The molecule has 2 aromatic rings. The lowest BCUT2D eigenvalue weighted by molar-refractivity contribution is 0.0690. The number of benzene rings is 1. The third-order valence-electron chi connectivity index (χ3n) is 4.08. The van der Waals surface area contributed by atoms with Crippen molar-refractivity contribution in [2.75, 3.05) is 13.2 Å². The molecule has 7 nitrogen and oxygen atoms in total. The van der Waals surface area contributed by atoms with E-state index in [0.29, 0.717) is 13.2 Å². The van der Waals surface area contributed by atoms with Gasteiger partial charge in [-0.1, -0.05) is 12.1 Å². The Bertz CT molecular complexity index is 815. The molecule has 0 radical (unpaired) electrons. The Hall–Kier alpha value is -2.93. The van der Waals surface area contributed by atoms with Gasteiger partial charge in [-0.3, -0.25) is 4.79 Å². The summed E-state index contributed by atoms with van der Waals surface area (Å²) >= 11 is 0. The fraction of sp³-hybridized carbons (Fsp3) is 0.316. The number of aryl methyl sites for hydroxylation is 1. The molecule has 0 aliphatic carbocycles. The van der Waals surface area contributed by atoms with E-state index in [1.54, 1.807) is 0 Å². The van der Waals surface area contributed by atoms with Crippen molar-refractivity contribution >= 4 is 11.9 Å². The van der Waals surface area contributed by atoms with E-state index in [0.717, 1.165) is 23.3 Å². The number of nitrogens with zero attached hydrogens (tertiary/aromatic N) is 1. The van der Waals surface area contributed by atoms with Crippen molar-refractivity contribution in [3.8, 4) is 5.75 Å². The molecular weight excluding hydrogens is 336 g/mol. The van der Waals surface area contributed by atoms with Gasteiger partial charge in [0.2, 0.25) is 0 Å². The number of rotatable bonds is 6. The Morgan fingerprint density at radius 2 is 2.19 bits per heavy atom. The van der Waals surface area contributed by atoms with Gasteiger partial charge in [-0.05, 0) is 30.7 Å². The minimum absolute atomic E-state index is 0.0181. The molecule has 1 atom stereocenters. The second-order valence-corrected chi connectivity index (χ2v) is 6.13. The fourth-order valence-corrected chi connectivity index (χ4v) is 2.67. The van der Waals surface area contributed by atoms with Crippen LogP contribution in [-0.4, -0.2) is 41.3 Å². The Morgan fingerprint density at radius 3 is 2.92 bits per heavy atom. The van der Waals surface area contributed by atoms with E-state index in [2.05, 4.69) is 10.3 Å². The first-order valence-electron chi connectivity index (χ1n) is 8.34. The molecule has 1 fully saturated rings. The van der Waals surface area contributed by atoms with Gasteiger partial charge < -0.3 is 19.9 Å². The topological polar surface area (TPSA) is 97.8 Å². The Labute approximate surface area is 151 Å². The van der Waals surface area contributed by atoms with Gasteiger partial charge in [0, 0.05) is 30.3 Å². The highest BCUT2D eigenvalue weighted by atomic mass is 16.5. The minimum Gasteiger partial charge on any atom is -0.488 e. The molecule has 1 aliphatic rings. The number of pyridine rings is 1. The summed E-state index contributed by atoms with van der Waals surface area (Å²) in [7, 11) is 0. The summed E-state index contributed by atoms with van der Waals surface area (Å²) < 4.78 is 11.3. The number of aromatic nitrogens is 1. The molecule has 0 saturated carbocycles. The van der Waals surface area contributed by atoms with E-state index in [1.807, 2.05) is 25.1 Å². The molecule has 1 aromatic carbocycles. The molecule has 136 valence electrons. The van der Waals surface area contributed by atoms with Crippen LogP contribution in [0, 0.1) is 6.92 Å². The van der Waals surface area contributed by atoms with E-state index in [9.17, 15) is 9.59 Å². The largest absolute Gasteiger partial charge is 0.488 e. The van der Waals surface area contributed by atoms with E-state index < -0.39 is 5.97 Å². The van der Waals surface area contributed by atoms with E-state index in [1.165, 1.54) is 18.3 Å². The van der Waals surface area contributed by atoms with Crippen molar-refractivity contribution in [1.29, 1.82) is 0 Å². The van der Waals surface area contributed by atoms with Crippen LogP contribution in [0.2, 0.25) is 0 Å². The Kier molecular flexibility index (Phi) is 5.48. The maximum atomic E-state index is 12.3. The molecular formula is C19H20N2O5. The summed E-state index contributed by atoms with van der Waals surface area (Å²) in [5.41, 5.74) is 1.99. The number of carboxylic acids is 1. The lowest BCUT2D eigenvalue weighted by Crippen LogP contribution is -2.24. The molecule has 1 amide bonds. The zero-order valence-corrected chi connectivity index (χ0v) is 14.4. The maximum absolute atomic E-state index is 12.3. The van der Waals surface area contributed by atoms with Gasteiger partial charge in [0.05, 0.1) is 13.2 Å². The van der Waals surface area contributed by atoms with Gasteiger partial charge in [0.15, 0.2) is 0 Å². The first-order chi connectivity index (χ1) is 12.5. The van der Waals surface area contributed by atoms with Crippen molar-refractivity contribution in [3.63, 3.8) is 0 Å². The molecule has 1 aliphatic heterocycles. The number of nitrogens with one attached hydrogen (secondary N) is 1. The van der Waals surface area contributed by atoms with Crippen LogP contribution in [-0.2, 0) is 11.3 Å². The van der Waals surface area contributed by atoms with Crippen molar-refractivity contribution in [3.05, 3.63) is 58.9 Å². The SMILES string of the molecule is Cc1ccc(CNC(=O)c2ccnc(C(=O)O)c2)c(OC2CCOC2)c1. The van der Waals surface area contributed by atoms with Gasteiger partial charge in [-0.2, -0.15) is 0 Å². The highest BCUT2D eigenvalue weighted by molar-refractivity contribution is 5.96. The predicted octanol–water partition coefficient (Wildman–Crippen LogP) is 2.19. The number of carbonyl (C=O) groups excluding carboxylic acids is 1. The second-order valence-electron chi connectivity index (χ2n) is 6.13. The van der Waals surface area contributed by atoms with Crippen LogP contribution in [0.15, 0.2) is 36.5 Å². The van der Waals surface area contributed by atoms with Crippen LogP contribution in [0.3, 0.4) is 0 Å². The summed E-state index contributed by atoms with van der Waals surface area (Å²) in [6.07, 6.45) is 2.16. The van der Waals surface area contributed by atoms with Crippen molar-refractivity contribution in [2.45, 2.75) is 26.0 Å². The van der Waals surface area contributed by atoms with Gasteiger partial charge in [0.25, 0.3) is 5.91 Å². The number of hydrogen-bond acceptors (Lipinski definition) is 5. The molecule has 0 bridgehead atoms. The average molecular weight is 356 g/mol. The van der Waals surface area contributed by atoms with E-state index in [-0.39, 0.29) is 29.8 Å². The Morgan fingerprint density at radius 1 is 1.35 bits per heavy atom. The third-order valence-corrected chi connectivity index (χ3v) is 4.08. The summed E-state index contributed by atoms with van der Waals surface area (Å²) in [5, 5.41) is 11.8. The fourth-order valence-electron chi connectivity index (χ4n) is 2.67. The highest BCUT2D eigenvalue weighted by Gasteiger charge is 2.19. The first-order valence-corrected chi connectivity index (χ1v) is 8.34. The van der Waals surface area contributed by atoms with Crippen LogP contribution < -0.4 is 10.1 Å². The van der Waals surface area contributed by atoms with Gasteiger partial charge in [-0.25, -0.2) is 9.78 Å². The maximum Gasteiger partial charge on any atom is 0.354 e. The van der Waals surface area contributed by atoms with Gasteiger partial charge in [-0.15, -0.1) is 0 Å². The molecule has 2 N–H and O–H groups in total. The number of carboxylic acid groups (broad SMARTS) is 1. The van der Waals surface area contributed by atoms with Crippen LogP contribution in [0.1, 0.15) is 38.4 Å². The average Bonchev–Trinajstić information content (AvgIpc) is 3.14. The van der Waals surface area contributed by atoms with Gasteiger partial charge >= 0.3 is 5.97 Å². The first kappa shape index (κ1) is 17.9. The van der Waals surface area contributed by atoms with Crippen LogP contribution in [0.4, 0.5) is 0 Å². The number of carbonyl (C=O) groups is 2. The number of aromatic carboxylic acids is 1. The van der Waals surface area contributed by atoms with Crippen LogP contribution in [0.5, 0.6) is 5.75 Å². The quantitative estimate of drug-likeness (QED) is 0.823. The third kappa shape index (κ3) is 4.37.